The number of imidazole rings is 2. The van der Waals surface area contributed by atoms with Gasteiger partial charge in [0.1, 0.15) is 11.6 Å². The van der Waals surface area contributed by atoms with Crippen molar-refractivity contribution in [1.82, 2.24) is 19.9 Å². The molecule has 10 rings (SSSR count). The minimum atomic E-state index is 0.0778. The van der Waals surface area contributed by atoms with Crippen LogP contribution in [-0.4, -0.2) is 19.9 Å². The van der Waals surface area contributed by atoms with Crippen LogP contribution in [0.25, 0.3) is 100 Å². The molecule has 0 fully saturated rings. The third-order valence-corrected chi connectivity index (χ3v) is 14.2. The van der Waals surface area contributed by atoms with E-state index in [-0.39, 0.29) is 21.7 Å². The third-order valence-electron chi connectivity index (χ3n) is 14.2. The molecular formula is C66H66N4. The van der Waals surface area contributed by atoms with Crippen LogP contribution in [0.1, 0.15) is 105 Å². The van der Waals surface area contributed by atoms with Crippen molar-refractivity contribution in [2.24, 2.45) is 0 Å². The van der Waals surface area contributed by atoms with Gasteiger partial charge in [-0.25, -0.2) is 9.97 Å². The van der Waals surface area contributed by atoms with Crippen LogP contribution >= 0.6 is 0 Å². The summed E-state index contributed by atoms with van der Waals surface area (Å²) in [6.45, 7) is 27.1. The van der Waals surface area contributed by atoms with Crippen molar-refractivity contribution in [3.63, 3.8) is 0 Å². The van der Waals surface area contributed by atoms with Gasteiger partial charge in [-0.2, -0.15) is 0 Å². The van der Waals surface area contributed by atoms with Crippen LogP contribution in [0.15, 0.2) is 170 Å². The van der Waals surface area contributed by atoms with Crippen molar-refractivity contribution in [3.05, 3.63) is 192 Å². The molecule has 350 valence electrons. The summed E-state index contributed by atoms with van der Waals surface area (Å²) in [4.78, 5) is 18.3. The largest absolute Gasteiger partial charge is 0.337 e. The summed E-state index contributed by atoms with van der Waals surface area (Å²) in [5, 5.41) is 0. The van der Waals surface area contributed by atoms with E-state index in [1.165, 1.54) is 33.4 Å². The van der Waals surface area contributed by atoms with Crippen molar-refractivity contribution in [2.45, 2.75) is 105 Å². The van der Waals surface area contributed by atoms with E-state index in [9.17, 15) is 0 Å². The normalized spacial score (nSPS) is 12.6. The average molecular weight is 915 g/mol. The van der Waals surface area contributed by atoms with Gasteiger partial charge in [0.25, 0.3) is 0 Å². The van der Waals surface area contributed by atoms with Gasteiger partial charge in [0.05, 0.1) is 22.1 Å². The summed E-state index contributed by atoms with van der Waals surface area (Å²) in [7, 11) is 0. The van der Waals surface area contributed by atoms with Gasteiger partial charge in [-0.15, -0.1) is 0 Å². The number of aromatic nitrogens is 4. The summed E-state index contributed by atoms with van der Waals surface area (Å²) in [6.07, 6.45) is 0. The van der Waals surface area contributed by atoms with Crippen LogP contribution in [0.3, 0.4) is 0 Å². The Labute approximate surface area is 415 Å². The number of fused-ring (bicyclic) bond motifs is 2. The summed E-state index contributed by atoms with van der Waals surface area (Å²) in [5.74, 6) is 1.70. The molecule has 0 atom stereocenters. The summed E-state index contributed by atoms with van der Waals surface area (Å²) < 4.78 is 0. The molecule has 2 heterocycles. The van der Waals surface area contributed by atoms with E-state index in [0.29, 0.717) is 0 Å². The quantitative estimate of drug-likeness (QED) is 0.167. The molecule has 0 aliphatic heterocycles. The number of nitrogens with one attached hydrogen (secondary N) is 2. The highest BCUT2D eigenvalue weighted by Crippen LogP contribution is 2.40. The Bertz CT molecular complexity index is 3060. The minimum absolute atomic E-state index is 0.0778. The lowest BCUT2D eigenvalue weighted by molar-refractivity contribution is 0.590. The zero-order valence-corrected chi connectivity index (χ0v) is 43.1. The van der Waals surface area contributed by atoms with E-state index in [1.54, 1.807) is 0 Å². The van der Waals surface area contributed by atoms with E-state index in [0.717, 1.165) is 89.4 Å². The first kappa shape index (κ1) is 46.4. The van der Waals surface area contributed by atoms with Crippen molar-refractivity contribution >= 4 is 22.1 Å². The molecule has 4 nitrogen and oxygen atoms in total. The molecule has 0 bridgehead atoms. The fraction of sp³-hybridized carbons (Fsp3) is 0.242. The van der Waals surface area contributed by atoms with Gasteiger partial charge in [0.15, 0.2) is 0 Å². The van der Waals surface area contributed by atoms with E-state index in [2.05, 4.69) is 263 Å². The topological polar surface area (TPSA) is 57.4 Å². The van der Waals surface area contributed by atoms with Gasteiger partial charge in [-0.3, -0.25) is 0 Å². The number of nitrogens with zero attached hydrogens (tertiary/aromatic N) is 2. The Kier molecular flexibility index (Phi) is 11.5. The minimum Gasteiger partial charge on any atom is -0.337 e. The van der Waals surface area contributed by atoms with E-state index in [1.807, 2.05) is 0 Å². The van der Waals surface area contributed by atoms with Crippen LogP contribution in [-0.2, 0) is 21.7 Å². The Morgan fingerprint density at radius 1 is 0.243 bits per heavy atom. The Morgan fingerprint density at radius 2 is 0.457 bits per heavy atom. The van der Waals surface area contributed by atoms with E-state index in [4.69, 9.17) is 9.97 Å². The Balaban J connectivity index is 0.981. The number of rotatable bonds is 7. The molecule has 0 amide bonds. The maximum absolute atomic E-state index is 5.35. The molecule has 70 heavy (non-hydrogen) atoms. The van der Waals surface area contributed by atoms with Crippen molar-refractivity contribution in [2.75, 3.05) is 0 Å². The highest BCUT2D eigenvalue weighted by atomic mass is 14.9. The second kappa shape index (κ2) is 17.3. The molecule has 0 saturated carbocycles. The van der Waals surface area contributed by atoms with Gasteiger partial charge in [0, 0.05) is 33.4 Å². The second-order valence-corrected chi connectivity index (χ2v) is 23.4. The van der Waals surface area contributed by atoms with Gasteiger partial charge >= 0.3 is 0 Å². The maximum atomic E-state index is 5.35. The van der Waals surface area contributed by atoms with Crippen molar-refractivity contribution < 1.29 is 0 Å². The van der Waals surface area contributed by atoms with Crippen LogP contribution in [0.2, 0.25) is 0 Å². The van der Waals surface area contributed by atoms with Crippen LogP contribution in [0, 0.1) is 0 Å². The molecule has 0 spiro atoms. The number of hydrogen-bond acceptors (Lipinski definition) is 2. The van der Waals surface area contributed by atoms with Gasteiger partial charge in [-0.05, 0) is 77.3 Å². The van der Waals surface area contributed by atoms with Crippen LogP contribution in [0.5, 0.6) is 0 Å². The SMILES string of the molecule is CC(C)(C)c1ccc(-c2ccc(-c3ccc(C(C)(C)C)cc3)c3[nH]c(-c4ccc(-c5ccc(-c6nc7c(-c8ccc(C(C)(C)C)cc8)ccc(-c8ccc(C(C)(C)C)cc8)c7[nH]6)cc5)cc4)nc23)cc1. The fourth-order valence-electron chi connectivity index (χ4n) is 9.64. The molecule has 8 aromatic carbocycles. The third kappa shape index (κ3) is 9.04. The molecule has 2 N–H and O–H groups in total. The monoisotopic (exact) mass is 915 g/mol. The highest BCUT2D eigenvalue weighted by molar-refractivity contribution is 6.03. The second-order valence-electron chi connectivity index (χ2n) is 23.4. The zero-order valence-electron chi connectivity index (χ0n) is 43.1. The Hall–Kier alpha value is -7.30. The number of hydrogen-bond donors (Lipinski definition) is 2. The lowest BCUT2D eigenvalue weighted by Crippen LogP contribution is -2.10. The smallest absolute Gasteiger partial charge is 0.138 e. The number of aromatic amines is 2. The first-order valence-corrected chi connectivity index (χ1v) is 24.9. The number of benzene rings is 8. The molecule has 0 unspecified atom stereocenters. The molecule has 2 aromatic heterocycles. The average Bonchev–Trinajstić information content (AvgIpc) is 3.99. The summed E-state index contributed by atoms with van der Waals surface area (Å²) in [6, 6.07) is 62.5. The zero-order chi connectivity index (χ0) is 49.3. The van der Waals surface area contributed by atoms with Crippen LogP contribution < -0.4 is 0 Å². The molecule has 0 radical (unpaired) electrons. The summed E-state index contributed by atoms with van der Waals surface area (Å²) >= 11 is 0. The van der Waals surface area contributed by atoms with Gasteiger partial charge < -0.3 is 9.97 Å². The standard InChI is InChI=1S/C66H66N4/c1-63(2,3)49-29-21-43(22-30-49)53-37-38-54(44-23-31-50(32-24-44)64(4,5)6)58-57(53)67-61(68-58)47-17-13-41(14-18-47)42-15-19-48(20-16-42)62-69-59-55(45-25-33-51(34-26-45)65(7,8)9)39-40-56(60(59)70-62)46-27-35-52(36-28-46)66(10,11)12/h13-40H,1-12H3,(H,67,68)(H,69,70). The van der Waals surface area contributed by atoms with Crippen molar-refractivity contribution in [1.29, 1.82) is 0 Å². The van der Waals surface area contributed by atoms with Gasteiger partial charge in [0.2, 0.25) is 0 Å². The molecule has 0 aliphatic carbocycles. The first-order chi connectivity index (χ1) is 33.2. The van der Waals surface area contributed by atoms with E-state index < -0.39 is 0 Å². The Morgan fingerprint density at radius 3 is 0.714 bits per heavy atom. The molecule has 4 heteroatoms. The molecule has 0 saturated heterocycles. The predicted octanol–water partition coefficient (Wildman–Crippen LogP) is 18.3. The fourth-order valence-corrected chi connectivity index (χ4v) is 9.64. The van der Waals surface area contributed by atoms with E-state index >= 15 is 0 Å². The van der Waals surface area contributed by atoms with Crippen LogP contribution in [0.4, 0.5) is 0 Å². The van der Waals surface area contributed by atoms with Gasteiger partial charge in [-0.1, -0.05) is 253 Å². The first-order valence-electron chi connectivity index (χ1n) is 24.9. The molecule has 10 aromatic rings. The number of H-pyrrole nitrogens is 2. The predicted molar refractivity (Wildman–Crippen MR) is 299 cm³/mol. The lowest BCUT2D eigenvalue weighted by Gasteiger charge is -2.19. The maximum Gasteiger partial charge on any atom is 0.138 e. The van der Waals surface area contributed by atoms with Crippen molar-refractivity contribution in [3.8, 4) is 78.4 Å². The molecule has 0 aliphatic rings. The summed E-state index contributed by atoms with van der Waals surface area (Å²) in [5.41, 5.74) is 23.1. The highest BCUT2D eigenvalue weighted by Gasteiger charge is 2.22. The lowest BCUT2D eigenvalue weighted by atomic mass is 9.85. The molecular weight excluding hydrogens is 849 g/mol.